The average molecular weight is 480 g/mol. The standard InChI is InChI=1S/C28H21N3OS2/c1-16-21(19-9-4-5-10-22(19)29-16)15-24-27(32)31-26(23-11-6-14-33-23)20-13-12-17-7-2-3-8-18(17)25(20)30-28(31)34-24/h2-11,14-15,26,29H,12-13H2,1H3/b24-15+. The first-order chi connectivity index (χ1) is 16.7. The molecule has 2 aliphatic rings. The van der Waals surface area contributed by atoms with Crippen LogP contribution >= 0.6 is 22.7 Å². The molecule has 1 atom stereocenters. The van der Waals surface area contributed by atoms with Gasteiger partial charge in [-0.2, -0.15) is 0 Å². The Morgan fingerprint density at radius 3 is 2.79 bits per heavy atom. The summed E-state index contributed by atoms with van der Waals surface area (Å²) in [5.41, 5.74) is 8.11. The number of H-pyrrole nitrogens is 1. The van der Waals surface area contributed by atoms with E-state index in [9.17, 15) is 4.79 Å². The first kappa shape index (κ1) is 19.9. The van der Waals surface area contributed by atoms with E-state index in [0.717, 1.165) is 50.0 Å². The van der Waals surface area contributed by atoms with Crippen LogP contribution in [-0.4, -0.2) is 9.55 Å². The van der Waals surface area contributed by atoms with Crippen molar-refractivity contribution < 1.29 is 0 Å². The molecule has 4 nitrogen and oxygen atoms in total. The van der Waals surface area contributed by atoms with Gasteiger partial charge in [0.25, 0.3) is 5.56 Å². The minimum Gasteiger partial charge on any atom is -0.358 e. The molecule has 0 radical (unpaired) electrons. The van der Waals surface area contributed by atoms with E-state index in [0.29, 0.717) is 0 Å². The second-order valence-corrected chi connectivity index (χ2v) is 10.8. The van der Waals surface area contributed by atoms with Crippen molar-refractivity contribution in [2.24, 2.45) is 4.99 Å². The van der Waals surface area contributed by atoms with Crippen molar-refractivity contribution in [1.29, 1.82) is 0 Å². The molecule has 0 amide bonds. The predicted molar refractivity (Wildman–Crippen MR) is 140 cm³/mol. The van der Waals surface area contributed by atoms with E-state index in [4.69, 9.17) is 4.99 Å². The molecule has 1 aliphatic heterocycles. The van der Waals surface area contributed by atoms with Crippen LogP contribution in [0.3, 0.4) is 0 Å². The van der Waals surface area contributed by atoms with Crippen LogP contribution in [0, 0.1) is 6.92 Å². The number of thiophene rings is 1. The van der Waals surface area contributed by atoms with Gasteiger partial charge < -0.3 is 4.98 Å². The molecule has 0 saturated heterocycles. The van der Waals surface area contributed by atoms with E-state index in [-0.39, 0.29) is 11.6 Å². The molecular weight excluding hydrogens is 458 g/mol. The molecular formula is C28H21N3OS2. The van der Waals surface area contributed by atoms with Crippen LogP contribution in [0.2, 0.25) is 0 Å². The third kappa shape index (κ3) is 2.89. The smallest absolute Gasteiger partial charge is 0.271 e. The lowest BCUT2D eigenvalue weighted by Gasteiger charge is -2.30. The Morgan fingerprint density at radius 1 is 1.06 bits per heavy atom. The van der Waals surface area contributed by atoms with Crippen LogP contribution < -0.4 is 14.9 Å². The maximum atomic E-state index is 13.9. The third-order valence-corrected chi connectivity index (χ3v) is 8.81. The lowest BCUT2D eigenvalue weighted by Crippen LogP contribution is -2.38. The number of benzene rings is 2. The van der Waals surface area contributed by atoms with Crippen molar-refractivity contribution >= 4 is 45.3 Å². The Morgan fingerprint density at radius 2 is 1.91 bits per heavy atom. The van der Waals surface area contributed by atoms with E-state index in [1.54, 1.807) is 11.3 Å². The highest BCUT2D eigenvalue weighted by Crippen LogP contribution is 2.42. The summed E-state index contributed by atoms with van der Waals surface area (Å²) in [4.78, 5) is 24.4. The largest absolute Gasteiger partial charge is 0.358 e. The van der Waals surface area contributed by atoms with Gasteiger partial charge in [-0.15, -0.1) is 11.3 Å². The number of hydrogen-bond acceptors (Lipinski definition) is 4. The lowest BCUT2D eigenvalue weighted by atomic mass is 9.85. The normalized spacial score (nSPS) is 17.4. The quantitative estimate of drug-likeness (QED) is 0.373. The van der Waals surface area contributed by atoms with Crippen molar-refractivity contribution in [3.8, 4) is 0 Å². The zero-order valence-corrected chi connectivity index (χ0v) is 20.2. The molecule has 34 heavy (non-hydrogen) atoms. The Kier molecular flexibility index (Phi) is 4.41. The summed E-state index contributed by atoms with van der Waals surface area (Å²) < 4.78 is 2.65. The summed E-state index contributed by atoms with van der Waals surface area (Å²) in [7, 11) is 0. The molecule has 0 bridgehead atoms. The Labute approximate surface area is 203 Å². The van der Waals surface area contributed by atoms with Crippen LogP contribution in [0.15, 0.2) is 81.4 Å². The molecule has 5 aromatic rings. The first-order valence-corrected chi connectivity index (χ1v) is 13.1. The Hall–Kier alpha value is -3.48. The summed E-state index contributed by atoms with van der Waals surface area (Å²) in [5, 5.41) is 3.23. The SMILES string of the molecule is Cc1[nH]c2ccccc2c1/C=c1/sc2n(c1=O)C(c1cccs1)C1=C(N=2)c2ccccc2CC1. The molecule has 166 valence electrons. The molecule has 0 fully saturated rings. The highest BCUT2D eigenvalue weighted by Gasteiger charge is 2.33. The summed E-state index contributed by atoms with van der Waals surface area (Å²) in [6.45, 7) is 2.06. The van der Waals surface area contributed by atoms with Gasteiger partial charge in [-0.25, -0.2) is 4.99 Å². The second-order valence-electron chi connectivity index (χ2n) is 8.84. The van der Waals surface area contributed by atoms with E-state index in [2.05, 4.69) is 65.8 Å². The monoisotopic (exact) mass is 479 g/mol. The number of nitrogens with zero attached hydrogens (tertiary/aromatic N) is 2. The van der Waals surface area contributed by atoms with Crippen LogP contribution in [0.4, 0.5) is 0 Å². The summed E-state index contributed by atoms with van der Waals surface area (Å²) in [6, 6.07) is 20.9. The van der Waals surface area contributed by atoms with Crippen molar-refractivity contribution in [1.82, 2.24) is 9.55 Å². The molecule has 1 unspecified atom stereocenters. The van der Waals surface area contributed by atoms with Crippen LogP contribution in [0.5, 0.6) is 0 Å². The van der Waals surface area contributed by atoms with Gasteiger partial charge in [0.15, 0.2) is 4.80 Å². The lowest BCUT2D eigenvalue weighted by molar-refractivity contribution is 0.593. The predicted octanol–water partition coefficient (Wildman–Crippen LogP) is 5.17. The maximum Gasteiger partial charge on any atom is 0.271 e. The van der Waals surface area contributed by atoms with Gasteiger partial charge in [-0.05, 0) is 54.5 Å². The van der Waals surface area contributed by atoms with Crippen LogP contribution in [0.25, 0.3) is 22.7 Å². The number of thiazole rings is 1. The van der Waals surface area contributed by atoms with Crippen LogP contribution in [0.1, 0.15) is 39.7 Å². The van der Waals surface area contributed by atoms with Crippen molar-refractivity contribution in [2.45, 2.75) is 25.8 Å². The van der Waals surface area contributed by atoms with Gasteiger partial charge in [-0.1, -0.05) is 59.9 Å². The van der Waals surface area contributed by atoms with Gasteiger partial charge in [0.05, 0.1) is 16.3 Å². The number of rotatable bonds is 2. The molecule has 6 heteroatoms. The topological polar surface area (TPSA) is 50.1 Å². The van der Waals surface area contributed by atoms with Gasteiger partial charge in [0, 0.05) is 32.6 Å². The Balaban J connectivity index is 1.51. The number of para-hydroxylation sites is 1. The van der Waals surface area contributed by atoms with E-state index < -0.39 is 0 Å². The molecule has 7 rings (SSSR count). The van der Waals surface area contributed by atoms with Crippen LogP contribution in [-0.2, 0) is 6.42 Å². The van der Waals surface area contributed by atoms with Gasteiger partial charge in [0.1, 0.15) is 0 Å². The zero-order valence-electron chi connectivity index (χ0n) is 18.5. The van der Waals surface area contributed by atoms with Crippen molar-refractivity contribution in [3.05, 3.63) is 119 Å². The molecule has 3 aromatic heterocycles. The number of hydrogen-bond donors (Lipinski definition) is 1. The fraction of sp³-hybridized carbons (Fsp3) is 0.143. The molecule has 0 spiro atoms. The van der Waals surface area contributed by atoms with E-state index in [1.165, 1.54) is 32.9 Å². The fourth-order valence-electron chi connectivity index (χ4n) is 5.33. The van der Waals surface area contributed by atoms with Gasteiger partial charge in [0.2, 0.25) is 0 Å². The van der Waals surface area contributed by atoms with Crippen molar-refractivity contribution in [3.63, 3.8) is 0 Å². The second kappa shape index (κ2) is 7.52. The highest BCUT2D eigenvalue weighted by atomic mass is 32.1. The fourth-order valence-corrected chi connectivity index (χ4v) is 7.16. The maximum absolute atomic E-state index is 13.9. The molecule has 1 aliphatic carbocycles. The van der Waals surface area contributed by atoms with E-state index in [1.807, 2.05) is 22.8 Å². The number of aromatic amines is 1. The summed E-state index contributed by atoms with van der Waals surface area (Å²) in [5.74, 6) is 0. The minimum atomic E-state index is -0.0918. The van der Waals surface area contributed by atoms with Crippen molar-refractivity contribution in [2.75, 3.05) is 0 Å². The summed E-state index contributed by atoms with van der Waals surface area (Å²) in [6.07, 6.45) is 3.94. The number of aryl methyl sites for hydroxylation is 2. The summed E-state index contributed by atoms with van der Waals surface area (Å²) >= 11 is 3.21. The third-order valence-electron chi connectivity index (χ3n) is 6.90. The first-order valence-electron chi connectivity index (χ1n) is 11.4. The molecule has 1 N–H and O–H groups in total. The Bertz CT molecular complexity index is 1800. The number of fused-ring (bicyclic) bond motifs is 4. The molecule has 4 heterocycles. The molecule has 2 aromatic carbocycles. The number of nitrogens with one attached hydrogen (secondary N) is 1. The average Bonchev–Trinajstić information content (AvgIpc) is 3.57. The highest BCUT2D eigenvalue weighted by molar-refractivity contribution is 7.10. The molecule has 0 saturated carbocycles. The van der Waals surface area contributed by atoms with Gasteiger partial charge >= 0.3 is 0 Å². The minimum absolute atomic E-state index is 0.0391. The van der Waals surface area contributed by atoms with Gasteiger partial charge in [-0.3, -0.25) is 9.36 Å². The zero-order chi connectivity index (χ0) is 22.8. The number of aromatic nitrogens is 2. The van der Waals surface area contributed by atoms with E-state index >= 15 is 0 Å². The number of allylic oxidation sites excluding steroid dienone is 1.